The predicted octanol–water partition coefficient (Wildman–Crippen LogP) is 3.44. The second kappa shape index (κ2) is 4.39. The van der Waals surface area contributed by atoms with Gasteiger partial charge in [-0.15, -0.1) is 0 Å². The second-order valence-corrected chi connectivity index (χ2v) is 4.34. The highest BCUT2D eigenvalue weighted by Crippen LogP contribution is 2.26. The minimum atomic E-state index is -0.487. The number of esters is 1. The van der Waals surface area contributed by atoms with Crippen LogP contribution in [0, 0.1) is 0 Å². The molecule has 0 radical (unpaired) electrons. The van der Waals surface area contributed by atoms with Crippen LogP contribution < -0.4 is 0 Å². The first-order chi connectivity index (χ1) is 7.63. The molecule has 1 heterocycles. The molecule has 0 aliphatic rings. The third-order valence-corrected chi connectivity index (χ3v) is 3.08. The van der Waals surface area contributed by atoms with Gasteiger partial charge in [-0.05, 0) is 28.1 Å². The highest BCUT2D eigenvalue weighted by Gasteiger charge is 2.13. The lowest BCUT2D eigenvalue weighted by molar-refractivity contribution is 0.0600. The Morgan fingerprint density at radius 3 is 2.94 bits per heavy atom. The average Bonchev–Trinajstić information content (AvgIpc) is 2.29. The molecular weight excluding hydrogens is 293 g/mol. The summed E-state index contributed by atoms with van der Waals surface area (Å²) in [7, 11) is 1.31. The molecule has 0 N–H and O–H groups in total. The molecule has 0 aliphatic heterocycles. The van der Waals surface area contributed by atoms with Gasteiger partial charge in [0.1, 0.15) is 5.15 Å². The molecule has 0 fully saturated rings. The molecule has 2 rings (SSSR count). The number of carbonyl (C=O) groups excluding carboxylic acids is 1. The quantitative estimate of drug-likeness (QED) is 0.598. The van der Waals surface area contributed by atoms with Crippen LogP contribution in [0.25, 0.3) is 10.9 Å². The number of carbonyl (C=O) groups is 1. The third-order valence-electron chi connectivity index (χ3n) is 2.16. The Labute approximate surface area is 106 Å². The van der Waals surface area contributed by atoms with Gasteiger partial charge in [0.2, 0.25) is 0 Å². The molecule has 3 nitrogen and oxygen atoms in total. The van der Waals surface area contributed by atoms with Crippen LogP contribution in [0.15, 0.2) is 28.7 Å². The molecule has 1 aromatic heterocycles. The number of halogens is 2. The molecule has 2 aromatic rings. The molecule has 5 heteroatoms. The molecule has 0 bridgehead atoms. The van der Waals surface area contributed by atoms with E-state index in [1.807, 2.05) is 18.2 Å². The number of rotatable bonds is 1. The lowest BCUT2D eigenvalue weighted by atomic mass is 10.1. The number of hydrogen-bond acceptors (Lipinski definition) is 3. The number of benzene rings is 1. The van der Waals surface area contributed by atoms with Crippen molar-refractivity contribution < 1.29 is 9.53 Å². The number of ether oxygens (including phenoxy) is 1. The van der Waals surface area contributed by atoms with Crippen molar-refractivity contribution in [2.24, 2.45) is 0 Å². The van der Waals surface area contributed by atoms with Gasteiger partial charge in [-0.2, -0.15) is 0 Å². The molecule has 0 aliphatic carbocycles. The number of hydrogen-bond donors (Lipinski definition) is 0. The Bertz CT molecular complexity index is 571. The van der Waals surface area contributed by atoms with Gasteiger partial charge in [-0.25, -0.2) is 9.78 Å². The summed E-state index contributed by atoms with van der Waals surface area (Å²) in [5.74, 6) is -0.487. The molecule has 0 spiro atoms. The van der Waals surface area contributed by atoms with Gasteiger partial charge < -0.3 is 4.74 Å². The smallest absolute Gasteiger partial charge is 0.341 e. The van der Waals surface area contributed by atoms with Crippen LogP contribution in [-0.2, 0) is 4.74 Å². The standard InChI is InChI=1S/C11H7BrClNO2/c1-16-11(15)7-5-6-3-2-4-8(12)9(6)14-10(7)13/h2-5H,1H3. The zero-order valence-electron chi connectivity index (χ0n) is 8.33. The van der Waals surface area contributed by atoms with E-state index >= 15 is 0 Å². The Morgan fingerprint density at radius 2 is 2.25 bits per heavy atom. The lowest BCUT2D eigenvalue weighted by Gasteiger charge is -2.05. The number of methoxy groups -OCH3 is 1. The molecule has 16 heavy (non-hydrogen) atoms. The summed E-state index contributed by atoms with van der Waals surface area (Å²) in [6.45, 7) is 0. The topological polar surface area (TPSA) is 39.2 Å². The molecule has 0 atom stereocenters. The minimum absolute atomic E-state index is 0.145. The molecular formula is C11H7BrClNO2. The Hall–Kier alpha value is -1.13. The number of para-hydroxylation sites is 1. The van der Waals surface area contributed by atoms with Gasteiger partial charge in [-0.3, -0.25) is 0 Å². The zero-order chi connectivity index (χ0) is 11.7. The molecule has 1 aromatic carbocycles. The van der Waals surface area contributed by atoms with E-state index < -0.39 is 5.97 Å². The van der Waals surface area contributed by atoms with E-state index in [2.05, 4.69) is 25.7 Å². The van der Waals surface area contributed by atoms with E-state index in [1.165, 1.54) is 7.11 Å². The lowest BCUT2D eigenvalue weighted by Crippen LogP contribution is -2.03. The van der Waals surface area contributed by atoms with Crippen molar-refractivity contribution in [3.63, 3.8) is 0 Å². The summed E-state index contributed by atoms with van der Waals surface area (Å²) in [6, 6.07) is 7.25. The van der Waals surface area contributed by atoms with E-state index in [-0.39, 0.29) is 10.7 Å². The first-order valence-electron chi connectivity index (χ1n) is 4.46. The summed E-state index contributed by atoms with van der Waals surface area (Å²) in [5.41, 5.74) is 0.995. The fourth-order valence-electron chi connectivity index (χ4n) is 1.39. The maximum atomic E-state index is 11.4. The van der Waals surface area contributed by atoms with Crippen LogP contribution in [0.5, 0.6) is 0 Å². The summed E-state index contributed by atoms with van der Waals surface area (Å²) in [6.07, 6.45) is 0. The fraction of sp³-hybridized carbons (Fsp3) is 0.0909. The van der Waals surface area contributed by atoms with Crippen LogP contribution >= 0.6 is 27.5 Å². The van der Waals surface area contributed by atoms with Gasteiger partial charge in [0.05, 0.1) is 18.2 Å². The highest BCUT2D eigenvalue weighted by molar-refractivity contribution is 9.10. The van der Waals surface area contributed by atoms with Crippen LogP contribution in [0.1, 0.15) is 10.4 Å². The van der Waals surface area contributed by atoms with Crippen molar-refractivity contribution in [2.45, 2.75) is 0 Å². The molecule has 82 valence electrons. The monoisotopic (exact) mass is 299 g/mol. The van der Waals surface area contributed by atoms with Gasteiger partial charge in [-0.1, -0.05) is 23.7 Å². The van der Waals surface area contributed by atoms with Crippen molar-refractivity contribution in [1.82, 2.24) is 4.98 Å². The Kier molecular flexibility index (Phi) is 3.12. The molecule has 0 saturated heterocycles. The first-order valence-corrected chi connectivity index (χ1v) is 5.63. The van der Waals surface area contributed by atoms with Crippen LogP contribution in [0.3, 0.4) is 0 Å². The van der Waals surface area contributed by atoms with Gasteiger partial charge in [0, 0.05) is 9.86 Å². The second-order valence-electron chi connectivity index (χ2n) is 3.13. The predicted molar refractivity (Wildman–Crippen MR) is 65.8 cm³/mol. The summed E-state index contributed by atoms with van der Waals surface area (Å²) < 4.78 is 5.46. The van der Waals surface area contributed by atoms with E-state index in [0.29, 0.717) is 0 Å². The normalized spacial score (nSPS) is 10.4. The highest BCUT2D eigenvalue weighted by atomic mass is 79.9. The van der Waals surface area contributed by atoms with E-state index in [1.54, 1.807) is 6.07 Å². The van der Waals surface area contributed by atoms with Crippen molar-refractivity contribution in [3.8, 4) is 0 Å². The zero-order valence-corrected chi connectivity index (χ0v) is 10.7. The van der Waals surface area contributed by atoms with E-state index in [0.717, 1.165) is 15.4 Å². The van der Waals surface area contributed by atoms with Gasteiger partial charge in [0.25, 0.3) is 0 Å². The molecule has 0 unspecified atom stereocenters. The molecule has 0 amide bonds. The number of fused-ring (bicyclic) bond motifs is 1. The summed E-state index contributed by atoms with van der Waals surface area (Å²) >= 11 is 9.29. The first kappa shape index (κ1) is 11.4. The van der Waals surface area contributed by atoms with Crippen molar-refractivity contribution in [2.75, 3.05) is 7.11 Å². The number of pyridine rings is 1. The average molecular weight is 301 g/mol. The van der Waals surface area contributed by atoms with E-state index in [4.69, 9.17) is 11.6 Å². The largest absolute Gasteiger partial charge is 0.465 e. The van der Waals surface area contributed by atoms with Crippen molar-refractivity contribution >= 4 is 44.4 Å². The van der Waals surface area contributed by atoms with Crippen molar-refractivity contribution in [3.05, 3.63) is 39.5 Å². The SMILES string of the molecule is COC(=O)c1cc2cccc(Br)c2nc1Cl. The Morgan fingerprint density at radius 1 is 1.50 bits per heavy atom. The van der Waals surface area contributed by atoms with Gasteiger partial charge >= 0.3 is 5.97 Å². The summed E-state index contributed by atoms with van der Waals surface area (Å²) in [4.78, 5) is 15.6. The maximum absolute atomic E-state index is 11.4. The van der Waals surface area contributed by atoms with Gasteiger partial charge in [0.15, 0.2) is 0 Å². The van der Waals surface area contributed by atoms with Crippen LogP contribution in [-0.4, -0.2) is 18.1 Å². The third kappa shape index (κ3) is 1.90. The summed E-state index contributed by atoms with van der Waals surface area (Å²) in [5, 5.41) is 0.977. The maximum Gasteiger partial charge on any atom is 0.341 e. The number of nitrogens with zero attached hydrogens (tertiary/aromatic N) is 1. The Balaban J connectivity index is 2.72. The minimum Gasteiger partial charge on any atom is -0.465 e. The van der Waals surface area contributed by atoms with Crippen LogP contribution in [0.4, 0.5) is 0 Å². The van der Waals surface area contributed by atoms with Crippen LogP contribution in [0.2, 0.25) is 5.15 Å². The van der Waals surface area contributed by atoms with Crippen molar-refractivity contribution in [1.29, 1.82) is 0 Å². The number of aromatic nitrogens is 1. The molecule has 0 saturated carbocycles. The fourth-order valence-corrected chi connectivity index (χ4v) is 2.08. The van der Waals surface area contributed by atoms with E-state index in [9.17, 15) is 4.79 Å².